The fourth-order valence-electron chi connectivity index (χ4n) is 4.85. The summed E-state index contributed by atoms with van der Waals surface area (Å²) in [5, 5.41) is 11.0. The Labute approximate surface area is 197 Å². The summed E-state index contributed by atoms with van der Waals surface area (Å²) in [7, 11) is 1.68. The number of allylic oxidation sites excluding steroid dienone is 1. The molecule has 170 valence electrons. The maximum atomic E-state index is 11.0. The van der Waals surface area contributed by atoms with Gasteiger partial charge in [-0.15, -0.1) is 0 Å². The number of rotatable bonds is 7. The maximum Gasteiger partial charge on any atom is 0.127 e. The lowest BCUT2D eigenvalue weighted by molar-refractivity contribution is 0.390. The Morgan fingerprint density at radius 2 is 1.85 bits per heavy atom. The molecule has 0 aliphatic heterocycles. The van der Waals surface area contributed by atoms with Crippen molar-refractivity contribution in [2.75, 3.05) is 7.11 Å². The van der Waals surface area contributed by atoms with Gasteiger partial charge in [-0.2, -0.15) is 0 Å². The van der Waals surface area contributed by atoms with E-state index in [-0.39, 0.29) is 0 Å². The molecule has 3 heteroatoms. The molecule has 0 amide bonds. The zero-order valence-corrected chi connectivity index (χ0v) is 19.7. The number of phenolic OH excluding ortho intramolecular Hbond substituents is 1. The number of ether oxygens (including phenoxy) is 1. The lowest BCUT2D eigenvalue weighted by atomic mass is 9.82. The summed E-state index contributed by atoms with van der Waals surface area (Å²) < 4.78 is 5.55. The minimum atomic E-state index is 0.341. The molecule has 3 nitrogen and oxygen atoms in total. The number of hydrogen-bond acceptors (Lipinski definition) is 3. The zero-order valence-electron chi connectivity index (χ0n) is 19.7. The Kier molecular flexibility index (Phi) is 7.29. The molecule has 3 aromatic carbocycles. The molecule has 1 atom stereocenters. The van der Waals surface area contributed by atoms with Crippen molar-refractivity contribution < 1.29 is 9.84 Å². The van der Waals surface area contributed by atoms with Gasteiger partial charge in [0.15, 0.2) is 0 Å². The van der Waals surface area contributed by atoms with E-state index in [1.807, 2.05) is 54.6 Å². The highest BCUT2D eigenvalue weighted by atomic mass is 16.5. The largest absolute Gasteiger partial charge is 0.507 e. The van der Waals surface area contributed by atoms with Crippen molar-refractivity contribution in [2.24, 2.45) is 10.9 Å². The predicted octanol–water partition coefficient (Wildman–Crippen LogP) is 7.81. The SMILES string of the molecule is C=C1CCCC(CCc2cc(C)cc(/C=N/c3ccccc3-c3ccccc3OC)c2O)C1. The van der Waals surface area contributed by atoms with Gasteiger partial charge in [-0.3, -0.25) is 4.99 Å². The Morgan fingerprint density at radius 3 is 2.64 bits per heavy atom. The highest BCUT2D eigenvalue weighted by Gasteiger charge is 2.17. The molecular formula is C30H33NO2. The smallest absolute Gasteiger partial charge is 0.127 e. The van der Waals surface area contributed by atoms with Crippen molar-refractivity contribution in [3.63, 3.8) is 0 Å². The average molecular weight is 440 g/mol. The van der Waals surface area contributed by atoms with Crippen LogP contribution in [0.3, 0.4) is 0 Å². The van der Waals surface area contributed by atoms with Crippen molar-refractivity contribution in [1.29, 1.82) is 0 Å². The fraction of sp³-hybridized carbons (Fsp3) is 0.300. The molecule has 0 radical (unpaired) electrons. The lowest BCUT2D eigenvalue weighted by Crippen LogP contribution is -2.09. The Hall–Kier alpha value is -3.33. The summed E-state index contributed by atoms with van der Waals surface area (Å²) in [4.78, 5) is 4.78. The number of phenols is 1. The average Bonchev–Trinajstić information content (AvgIpc) is 2.83. The van der Waals surface area contributed by atoms with Gasteiger partial charge in [0.05, 0.1) is 12.8 Å². The van der Waals surface area contributed by atoms with E-state index in [0.29, 0.717) is 11.7 Å². The molecule has 4 rings (SSSR count). The van der Waals surface area contributed by atoms with Gasteiger partial charge in [0, 0.05) is 22.9 Å². The molecule has 0 bridgehead atoms. The van der Waals surface area contributed by atoms with E-state index in [0.717, 1.165) is 58.5 Å². The highest BCUT2D eigenvalue weighted by Crippen LogP contribution is 2.37. The Balaban J connectivity index is 1.59. The Bertz CT molecular complexity index is 1160. The molecule has 1 unspecified atom stereocenters. The van der Waals surface area contributed by atoms with Crippen molar-refractivity contribution in [3.8, 4) is 22.6 Å². The molecule has 33 heavy (non-hydrogen) atoms. The van der Waals surface area contributed by atoms with Gasteiger partial charge in [-0.25, -0.2) is 0 Å². The topological polar surface area (TPSA) is 41.8 Å². The van der Waals surface area contributed by atoms with Crippen molar-refractivity contribution in [3.05, 3.63) is 89.5 Å². The monoisotopic (exact) mass is 439 g/mol. The summed E-state index contributed by atoms with van der Waals surface area (Å²) >= 11 is 0. The van der Waals surface area contributed by atoms with E-state index in [9.17, 15) is 5.11 Å². The summed E-state index contributed by atoms with van der Waals surface area (Å²) in [6.45, 7) is 6.26. The molecule has 0 aromatic heterocycles. The van der Waals surface area contributed by atoms with E-state index in [4.69, 9.17) is 9.73 Å². The van der Waals surface area contributed by atoms with Crippen molar-refractivity contribution in [1.82, 2.24) is 0 Å². The number of benzene rings is 3. The molecule has 1 aliphatic carbocycles. The number of aryl methyl sites for hydroxylation is 2. The van der Waals surface area contributed by atoms with Gasteiger partial charge in [-0.1, -0.05) is 54.6 Å². The first-order valence-corrected chi connectivity index (χ1v) is 11.8. The van der Waals surface area contributed by atoms with Gasteiger partial charge in [0.25, 0.3) is 0 Å². The van der Waals surface area contributed by atoms with E-state index in [1.165, 1.54) is 24.8 Å². The number of hydrogen-bond donors (Lipinski definition) is 1. The van der Waals surface area contributed by atoms with Crippen LogP contribution >= 0.6 is 0 Å². The zero-order chi connectivity index (χ0) is 23.2. The summed E-state index contributed by atoms with van der Waals surface area (Å²) in [5.74, 6) is 1.83. The minimum Gasteiger partial charge on any atom is -0.507 e. The van der Waals surface area contributed by atoms with Crippen LogP contribution in [0.5, 0.6) is 11.5 Å². The molecule has 1 aliphatic rings. The van der Waals surface area contributed by atoms with Crippen LogP contribution in [0.2, 0.25) is 0 Å². The van der Waals surface area contributed by atoms with Gasteiger partial charge in [0.2, 0.25) is 0 Å². The third kappa shape index (κ3) is 5.54. The van der Waals surface area contributed by atoms with E-state index in [2.05, 4.69) is 19.6 Å². The maximum absolute atomic E-state index is 11.0. The third-order valence-corrected chi connectivity index (χ3v) is 6.55. The first-order valence-electron chi connectivity index (χ1n) is 11.8. The van der Waals surface area contributed by atoms with E-state index < -0.39 is 0 Å². The lowest BCUT2D eigenvalue weighted by Gasteiger charge is -2.23. The normalized spacial score (nSPS) is 16.3. The van der Waals surface area contributed by atoms with Gasteiger partial charge in [-0.05, 0) is 80.7 Å². The highest BCUT2D eigenvalue weighted by molar-refractivity contribution is 5.89. The van der Waals surface area contributed by atoms with Gasteiger partial charge < -0.3 is 9.84 Å². The van der Waals surface area contributed by atoms with Crippen LogP contribution in [0.4, 0.5) is 5.69 Å². The van der Waals surface area contributed by atoms with Crippen LogP contribution in [-0.2, 0) is 6.42 Å². The summed E-state index contributed by atoms with van der Waals surface area (Å²) in [6.07, 6.45) is 8.55. The standard InChI is InChI=1S/C30H33NO2/c1-21-9-8-10-23(17-21)15-16-24-18-22(2)19-25(30(24)32)20-31-28-13-6-4-11-26(28)27-12-5-7-14-29(27)33-3/h4-7,11-14,18-20,23,32H,1,8-10,15-17H2,2-3H3/b31-20+. The second-order valence-corrected chi connectivity index (χ2v) is 9.09. The fourth-order valence-corrected chi connectivity index (χ4v) is 4.85. The quantitative estimate of drug-likeness (QED) is 0.301. The minimum absolute atomic E-state index is 0.341. The first kappa shape index (κ1) is 22.8. The number of aromatic hydroxyl groups is 1. The number of aliphatic imine (C=N–C) groups is 1. The predicted molar refractivity (Wildman–Crippen MR) is 138 cm³/mol. The van der Waals surface area contributed by atoms with E-state index in [1.54, 1.807) is 13.3 Å². The van der Waals surface area contributed by atoms with Crippen LogP contribution in [0, 0.1) is 12.8 Å². The summed E-state index contributed by atoms with van der Waals surface area (Å²) in [6, 6.07) is 20.1. The van der Waals surface area contributed by atoms with Gasteiger partial charge in [0.1, 0.15) is 11.5 Å². The van der Waals surface area contributed by atoms with Crippen molar-refractivity contribution in [2.45, 2.75) is 45.4 Å². The molecule has 1 N–H and O–H groups in total. The molecule has 0 saturated heterocycles. The third-order valence-electron chi connectivity index (χ3n) is 6.55. The molecular weight excluding hydrogens is 406 g/mol. The van der Waals surface area contributed by atoms with E-state index >= 15 is 0 Å². The van der Waals surface area contributed by atoms with Gasteiger partial charge >= 0.3 is 0 Å². The second-order valence-electron chi connectivity index (χ2n) is 9.09. The molecule has 3 aromatic rings. The second kappa shape index (κ2) is 10.5. The van der Waals surface area contributed by atoms with Crippen LogP contribution in [0.25, 0.3) is 11.1 Å². The summed E-state index contributed by atoms with van der Waals surface area (Å²) in [5.41, 5.74) is 7.10. The molecule has 0 heterocycles. The van der Waals surface area contributed by atoms with Crippen LogP contribution < -0.4 is 4.74 Å². The van der Waals surface area contributed by atoms with Crippen LogP contribution in [-0.4, -0.2) is 18.4 Å². The van der Waals surface area contributed by atoms with Crippen molar-refractivity contribution >= 4 is 11.9 Å². The number of para-hydroxylation sites is 2. The number of methoxy groups -OCH3 is 1. The molecule has 0 spiro atoms. The molecule has 1 saturated carbocycles. The molecule has 1 fully saturated rings. The van der Waals surface area contributed by atoms with Crippen LogP contribution in [0.1, 0.15) is 48.8 Å². The number of nitrogens with zero attached hydrogens (tertiary/aromatic N) is 1. The van der Waals surface area contributed by atoms with Crippen LogP contribution in [0.15, 0.2) is 77.8 Å². The Morgan fingerprint density at radius 1 is 1.09 bits per heavy atom. The first-order chi connectivity index (χ1) is 16.0.